The fourth-order valence-electron chi connectivity index (χ4n) is 2.93. The molecule has 0 saturated carbocycles. The van der Waals surface area contributed by atoms with E-state index in [1.165, 1.54) is 0 Å². The lowest BCUT2D eigenvalue weighted by molar-refractivity contribution is -0.136. The van der Waals surface area contributed by atoms with Crippen molar-refractivity contribution in [2.24, 2.45) is 5.41 Å². The largest absolute Gasteiger partial charge is 0.491 e. The summed E-state index contributed by atoms with van der Waals surface area (Å²) in [5.74, 6) is 0.877. The normalized spacial score (nSPS) is 15.9. The first-order valence-electron chi connectivity index (χ1n) is 8.39. The first-order valence-corrected chi connectivity index (χ1v) is 8.39. The number of amides is 1. The topological polar surface area (TPSA) is 68.8 Å². The molecule has 0 aromatic heterocycles. The summed E-state index contributed by atoms with van der Waals surface area (Å²) in [4.78, 5) is 12.7. The van der Waals surface area contributed by atoms with Gasteiger partial charge >= 0.3 is 0 Å². The number of ether oxygens (including phenoxy) is 3. The number of piperidine rings is 1. The second kappa shape index (κ2) is 11.3. The molecular formula is C18H29ClN2O4. The van der Waals surface area contributed by atoms with E-state index in [2.05, 4.69) is 10.6 Å². The van der Waals surface area contributed by atoms with E-state index < -0.39 is 5.41 Å². The van der Waals surface area contributed by atoms with Crippen LogP contribution in [0.1, 0.15) is 18.4 Å². The lowest BCUT2D eigenvalue weighted by Crippen LogP contribution is -2.49. The molecular weight excluding hydrogens is 344 g/mol. The predicted octanol–water partition coefficient (Wildman–Crippen LogP) is 1.77. The standard InChI is InChI=1S/C18H28N2O4.ClH/c1-22-11-12-24-16-5-3-15(4-6-16)13-20-17(21)18(14-23-2)7-9-19-10-8-18;/h3-6,19H,7-14H2,1-2H3,(H,20,21);1H. The number of carbonyl (C=O) groups is 1. The second-order valence-electron chi connectivity index (χ2n) is 6.13. The van der Waals surface area contributed by atoms with Gasteiger partial charge in [0.25, 0.3) is 0 Å². The Morgan fingerprint density at radius 1 is 1.12 bits per heavy atom. The molecule has 1 aliphatic rings. The van der Waals surface area contributed by atoms with Crippen LogP contribution in [-0.4, -0.2) is 53.0 Å². The van der Waals surface area contributed by atoms with Crippen LogP contribution in [0, 0.1) is 5.41 Å². The molecule has 0 aliphatic carbocycles. The molecule has 0 unspecified atom stereocenters. The maximum Gasteiger partial charge on any atom is 0.228 e. The van der Waals surface area contributed by atoms with Crippen LogP contribution in [0.4, 0.5) is 0 Å². The van der Waals surface area contributed by atoms with Gasteiger partial charge in [-0.25, -0.2) is 0 Å². The van der Waals surface area contributed by atoms with Crippen molar-refractivity contribution in [3.05, 3.63) is 29.8 Å². The Bertz CT molecular complexity index is 499. The zero-order valence-corrected chi connectivity index (χ0v) is 15.8. The summed E-state index contributed by atoms with van der Waals surface area (Å²) < 4.78 is 15.8. The van der Waals surface area contributed by atoms with Gasteiger partial charge in [0.2, 0.25) is 5.91 Å². The fourth-order valence-corrected chi connectivity index (χ4v) is 2.93. The van der Waals surface area contributed by atoms with Crippen LogP contribution in [0.3, 0.4) is 0 Å². The molecule has 7 heteroatoms. The second-order valence-corrected chi connectivity index (χ2v) is 6.13. The van der Waals surface area contributed by atoms with Crippen molar-refractivity contribution < 1.29 is 19.0 Å². The highest BCUT2D eigenvalue weighted by atomic mass is 35.5. The molecule has 25 heavy (non-hydrogen) atoms. The molecule has 1 fully saturated rings. The molecule has 0 bridgehead atoms. The Morgan fingerprint density at radius 3 is 2.40 bits per heavy atom. The minimum atomic E-state index is -0.413. The Balaban J connectivity index is 0.00000312. The van der Waals surface area contributed by atoms with Crippen molar-refractivity contribution in [2.45, 2.75) is 19.4 Å². The van der Waals surface area contributed by atoms with Gasteiger partial charge < -0.3 is 24.8 Å². The van der Waals surface area contributed by atoms with Crippen molar-refractivity contribution in [3.8, 4) is 5.75 Å². The molecule has 1 aliphatic heterocycles. The molecule has 1 amide bonds. The van der Waals surface area contributed by atoms with E-state index in [4.69, 9.17) is 14.2 Å². The quantitative estimate of drug-likeness (QED) is 0.646. The lowest BCUT2D eigenvalue weighted by Gasteiger charge is -2.35. The number of hydrogen-bond acceptors (Lipinski definition) is 5. The number of hydrogen-bond donors (Lipinski definition) is 2. The summed E-state index contributed by atoms with van der Waals surface area (Å²) in [5, 5.41) is 6.35. The van der Waals surface area contributed by atoms with Crippen LogP contribution < -0.4 is 15.4 Å². The summed E-state index contributed by atoms with van der Waals surface area (Å²) in [6, 6.07) is 7.75. The maximum atomic E-state index is 12.7. The first-order chi connectivity index (χ1) is 11.7. The minimum Gasteiger partial charge on any atom is -0.491 e. The van der Waals surface area contributed by atoms with Crippen LogP contribution in [0.15, 0.2) is 24.3 Å². The molecule has 1 aromatic carbocycles. The van der Waals surface area contributed by atoms with E-state index in [1.54, 1.807) is 14.2 Å². The average Bonchev–Trinajstić information content (AvgIpc) is 2.62. The van der Waals surface area contributed by atoms with Crippen molar-refractivity contribution in [1.82, 2.24) is 10.6 Å². The minimum absolute atomic E-state index is 0. The zero-order chi connectivity index (χ0) is 17.3. The molecule has 0 radical (unpaired) electrons. The van der Waals surface area contributed by atoms with Gasteiger partial charge in [0.15, 0.2) is 0 Å². The summed E-state index contributed by atoms with van der Waals surface area (Å²) in [6.45, 7) is 3.77. The molecule has 1 aromatic rings. The summed E-state index contributed by atoms with van der Waals surface area (Å²) in [5.41, 5.74) is 0.632. The highest BCUT2D eigenvalue weighted by Crippen LogP contribution is 2.29. The van der Waals surface area contributed by atoms with Crippen LogP contribution in [0.2, 0.25) is 0 Å². The van der Waals surface area contributed by atoms with Gasteiger partial charge in [0.1, 0.15) is 12.4 Å². The summed E-state index contributed by atoms with van der Waals surface area (Å²) in [6.07, 6.45) is 1.61. The smallest absolute Gasteiger partial charge is 0.228 e. The summed E-state index contributed by atoms with van der Waals surface area (Å²) >= 11 is 0. The zero-order valence-electron chi connectivity index (χ0n) is 15.0. The third kappa shape index (κ3) is 6.47. The SMILES string of the molecule is COCCOc1ccc(CNC(=O)C2(COC)CCNCC2)cc1.Cl. The Kier molecular flexibility index (Phi) is 9.82. The van der Waals surface area contributed by atoms with Gasteiger partial charge in [-0.05, 0) is 43.6 Å². The number of methoxy groups -OCH3 is 2. The Hall–Kier alpha value is -1.34. The van der Waals surface area contributed by atoms with E-state index >= 15 is 0 Å². The van der Waals surface area contributed by atoms with Crippen LogP contribution in [0.25, 0.3) is 0 Å². The molecule has 0 atom stereocenters. The molecule has 1 saturated heterocycles. The van der Waals surface area contributed by atoms with Crippen LogP contribution in [0.5, 0.6) is 5.75 Å². The van der Waals surface area contributed by atoms with E-state index in [0.717, 1.165) is 37.2 Å². The van der Waals surface area contributed by atoms with Crippen molar-refractivity contribution in [3.63, 3.8) is 0 Å². The van der Waals surface area contributed by atoms with Gasteiger partial charge in [-0.3, -0.25) is 4.79 Å². The van der Waals surface area contributed by atoms with E-state index in [1.807, 2.05) is 24.3 Å². The number of nitrogens with one attached hydrogen (secondary N) is 2. The van der Waals surface area contributed by atoms with Gasteiger partial charge in [-0.1, -0.05) is 12.1 Å². The van der Waals surface area contributed by atoms with Crippen molar-refractivity contribution in [1.29, 1.82) is 0 Å². The van der Waals surface area contributed by atoms with E-state index in [0.29, 0.717) is 26.4 Å². The number of carbonyl (C=O) groups excluding carboxylic acids is 1. The van der Waals surface area contributed by atoms with Crippen molar-refractivity contribution >= 4 is 18.3 Å². The number of halogens is 1. The Morgan fingerprint density at radius 2 is 1.80 bits per heavy atom. The third-order valence-corrected chi connectivity index (χ3v) is 4.40. The first kappa shape index (κ1) is 21.7. The summed E-state index contributed by atoms with van der Waals surface area (Å²) in [7, 11) is 3.30. The lowest BCUT2D eigenvalue weighted by atomic mass is 9.78. The number of rotatable bonds is 9. The number of benzene rings is 1. The van der Waals surface area contributed by atoms with Gasteiger partial charge in [0, 0.05) is 20.8 Å². The predicted molar refractivity (Wildman–Crippen MR) is 99.3 cm³/mol. The Labute approximate surface area is 156 Å². The maximum absolute atomic E-state index is 12.7. The van der Waals surface area contributed by atoms with E-state index in [-0.39, 0.29) is 18.3 Å². The van der Waals surface area contributed by atoms with Gasteiger partial charge in [0.05, 0.1) is 18.6 Å². The molecule has 1 heterocycles. The fraction of sp³-hybridized carbons (Fsp3) is 0.611. The van der Waals surface area contributed by atoms with Crippen LogP contribution in [-0.2, 0) is 20.8 Å². The third-order valence-electron chi connectivity index (χ3n) is 4.40. The van der Waals surface area contributed by atoms with E-state index in [9.17, 15) is 4.79 Å². The highest BCUT2D eigenvalue weighted by molar-refractivity contribution is 5.85. The molecule has 2 N–H and O–H groups in total. The molecule has 142 valence electrons. The van der Waals surface area contributed by atoms with Crippen molar-refractivity contribution in [2.75, 3.05) is 47.1 Å². The monoisotopic (exact) mass is 372 g/mol. The molecule has 6 nitrogen and oxygen atoms in total. The van der Waals surface area contributed by atoms with Gasteiger partial charge in [-0.2, -0.15) is 0 Å². The van der Waals surface area contributed by atoms with Crippen LogP contribution >= 0.6 is 12.4 Å². The average molecular weight is 373 g/mol. The highest BCUT2D eigenvalue weighted by Gasteiger charge is 2.39. The van der Waals surface area contributed by atoms with Gasteiger partial charge in [-0.15, -0.1) is 12.4 Å². The molecule has 2 rings (SSSR count). The molecule has 0 spiro atoms.